The number of hydrogen-bond donors (Lipinski definition) is 0. The Kier molecular flexibility index (Phi) is 38.9. The minimum absolute atomic E-state index is 0.0279. The molecule has 1 rings (SSSR count). The van der Waals surface area contributed by atoms with Crippen LogP contribution in [0.15, 0.2) is 22.7 Å². The molecule has 0 spiro atoms. The van der Waals surface area contributed by atoms with Gasteiger partial charge < -0.3 is 23.7 Å². The van der Waals surface area contributed by atoms with Crippen molar-refractivity contribution in [2.24, 2.45) is 0 Å². The van der Waals surface area contributed by atoms with Gasteiger partial charge in [0, 0.05) is 24.0 Å². The standard InChI is InChI=1S/C55H96O10/c1-6-8-10-12-14-16-18-20-22-24-26-30-34-38-42-49(56)64-45-48(65-50(57)43-39-35-31-27-25-23-21-19-17-15-13-11-9-7-2)55(60)63-44-40-36-32-28-29-33-37-41-47-46(3)51(58)53(61-4)54(62-5)52(47)59/h48H,6-45H2,1-5H3. The summed E-state index contributed by atoms with van der Waals surface area (Å²) in [5, 5.41) is 0. The first-order valence-corrected chi connectivity index (χ1v) is 26.8. The minimum atomic E-state index is -1.27. The van der Waals surface area contributed by atoms with Gasteiger partial charge >= 0.3 is 17.9 Å². The zero-order valence-corrected chi connectivity index (χ0v) is 42.4. The predicted molar refractivity (Wildman–Crippen MR) is 262 cm³/mol. The third kappa shape index (κ3) is 30.7. The van der Waals surface area contributed by atoms with E-state index in [1.54, 1.807) is 6.92 Å². The molecule has 0 bridgehead atoms. The largest absolute Gasteiger partial charge is 0.489 e. The van der Waals surface area contributed by atoms with Crippen molar-refractivity contribution in [2.75, 3.05) is 27.4 Å². The molecule has 0 aliphatic heterocycles. The van der Waals surface area contributed by atoms with E-state index in [-0.39, 0.29) is 55.1 Å². The van der Waals surface area contributed by atoms with Crippen LogP contribution in [0.25, 0.3) is 0 Å². The van der Waals surface area contributed by atoms with Crippen LogP contribution >= 0.6 is 0 Å². The summed E-state index contributed by atoms with van der Waals surface area (Å²) in [6.07, 6.45) is 40.4. The van der Waals surface area contributed by atoms with Crippen molar-refractivity contribution in [3.05, 3.63) is 22.7 Å². The zero-order valence-electron chi connectivity index (χ0n) is 42.4. The normalized spacial score (nSPS) is 13.4. The maximum atomic E-state index is 13.1. The van der Waals surface area contributed by atoms with Crippen molar-refractivity contribution in [1.29, 1.82) is 0 Å². The fourth-order valence-corrected chi connectivity index (χ4v) is 8.58. The van der Waals surface area contributed by atoms with Crippen molar-refractivity contribution < 1.29 is 47.7 Å². The second-order valence-corrected chi connectivity index (χ2v) is 18.6. The first-order valence-electron chi connectivity index (χ1n) is 26.8. The lowest BCUT2D eigenvalue weighted by atomic mass is 9.89. The average molecular weight is 917 g/mol. The molecule has 0 radical (unpaired) electrons. The van der Waals surface area contributed by atoms with E-state index in [1.165, 1.54) is 155 Å². The number of carbonyl (C=O) groups is 5. The molecule has 0 fully saturated rings. The SMILES string of the molecule is CCCCCCCCCCCCCCCCC(=O)OCC(OC(=O)CCCCCCCCCCCCCCCC)C(=O)OCCCCCCCCCC1=C(C)C(=O)C(OC)=C(OC)C1=O. The number of allylic oxidation sites excluding steroid dienone is 2. The molecule has 0 aromatic rings. The van der Waals surface area contributed by atoms with Gasteiger partial charge in [0.15, 0.2) is 0 Å². The van der Waals surface area contributed by atoms with Gasteiger partial charge in [0.2, 0.25) is 29.2 Å². The number of Topliss-reactive ketones (excluding diaryl/α,β-unsaturated/α-hetero) is 2. The van der Waals surface area contributed by atoms with Gasteiger partial charge in [-0.2, -0.15) is 0 Å². The van der Waals surface area contributed by atoms with E-state index >= 15 is 0 Å². The van der Waals surface area contributed by atoms with Crippen LogP contribution in [-0.4, -0.2) is 63.0 Å². The van der Waals surface area contributed by atoms with Crippen molar-refractivity contribution >= 4 is 29.5 Å². The van der Waals surface area contributed by atoms with Crippen LogP contribution in [-0.2, 0) is 47.7 Å². The molecule has 65 heavy (non-hydrogen) atoms. The molecule has 376 valence electrons. The van der Waals surface area contributed by atoms with E-state index in [0.717, 1.165) is 70.6 Å². The number of ketones is 2. The van der Waals surface area contributed by atoms with Crippen LogP contribution in [0.4, 0.5) is 0 Å². The minimum Gasteiger partial charge on any atom is -0.489 e. The number of hydrogen-bond acceptors (Lipinski definition) is 10. The molecule has 0 N–H and O–H groups in total. The highest BCUT2D eigenvalue weighted by molar-refractivity contribution is 6.23. The molecule has 0 amide bonds. The van der Waals surface area contributed by atoms with E-state index in [2.05, 4.69) is 13.8 Å². The van der Waals surface area contributed by atoms with Crippen molar-refractivity contribution in [3.63, 3.8) is 0 Å². The van der Waals surface area contributed by atoms with Crippen LogP contribution < -0.4 is 0 Å². The Morgan fingerprint density at radius 2 is 0.785 bits per heavy atom. The first kappa shape index (κ1) is 59.8. The molecular formula is C55H96O10. The second-order valence-electron chi connectivity index (χ2n) is 18.6. The Morgan fingerprint density at radius 3 is 1.20 bits per heavy atom. The highest BCUT2D eigenvalue weighted by atomic mass is 16.6. The predicted octanol–water partition coefficient (Wildman–Crippen LogP) is 14.8. The van der Waals surface area contributed by atoms with E-state index in [4.69, 9.17) is 23.7 Å². The van der Waals surface area contributed by atoms with Crippen molar-refractivity contribution in [1.82, 2.24) is 0 Å². The molecule has 10 nitrogen and oxygen atoms in total. The average Bonchev–Trinajstić information content (AvgIpc) is 3.30. The van der Waals surface area contributed by atoms with Gasteiger partial charge in [-0.25, -0.2) is 4.79 Å². The van der Waals surface area contributed by atoms with Crippen LogP contribution in [0, 0.1) is 0 Å². The molecule has 1 aliphatic carbocycles. The van der Waals surface area contributed by atoms with Crippen LogP contribution in [0.3, 0.4) is 0 Å². The number of unbranched alkanes of at least 4 members (excludes halogenated alkanes) is 32. The molecule has 0 saturated carbocycles. The summed E-state index contributed by atoms with van der Waals surface area (Å²) in [6.45, 7) is 6.05. The number of esters is 3. The van der Waals surface area contributed by atoms with E-state index in [1.807, 2.05) is 0 Å². The summed E-state index contributed by atoms with van der Waals surface area (Å²) in [5.74, 6) is -2.17. The van der Waals surface area contributed by atoms with E-state index in [0.29, 0.717) is 30.4 Å². The lowest BCUT2D eigenvalue weighted by molar-refractivity contribution is -0.174. The Hall–Kier alpha value is -3.17. The number of methoxy groups -OCH3 is 2. The molecule has 1 unspecified atom stereocenters. The summed E-state index contributed by atoms with van der Waals surface area (Å²) in [5.41, 5.74) is 0.913. The zero-order chi connectivity index (χ0) is 47.6. The fourth-order valence-electron chi connectivity index (χ4n) is 8.58. The molecule has 10 heteroatoms. The highest BCUT2D eigenvalue weighted by Gasteiger charge is 2.34. The van der Waals surface area contributed by atoms with Gasteiger partial charge in [-0.15, -0.1) is 0 Å². The summed E-state index contributed by atoms with van der Waals surface area (Å²) < 4.78 is 26.9. The summed E-state index contributed by atoms with van der Waals surface area (Å²) in [4.78, 5) is 64.1. The highest BCUT2D eigenvalue weighted by Crippen LogP contribution is 2.29. The van der Waals surface area contributed by atoms with Gasteiger partial charge in [-0.3, -0.25) is 19.2 Å². The smallest absolute Gasteiger partial charge is 0.351 e. The quantitative estimate of drug-likeness (QED) is 0.0252. The van der Waals surface area contributed by atoms with Crippen molar-refractivity contribution in [3.8, 4) is 0 Å². The summed E-state index contributed by atoms with van der Waals surface area (Å²) in [7, 11) is 2.73. The second kappa shape index (κ2) is 42.2. The van der Waals surface area contributed by atoms with E-state index < -0.39 is 18.0 Å². The number of carbonyl (C=O) groups excluding carboxylic acids is 5. The molecule has 0 saturated heterocycles. The first-order chi connectivity index (χ1) is 31.7. The van der Waals surface area contributed by atoms with Crippen LogP contribution in [0.2, 0.25) is 0 Å². The molecule has 0 heterocycles. The molecule has 0 aromatic heterocycles. The van der Waals surface area contributed by atoms with Crippen LogP contribution in [0.5, 0.6) is 0 Å². The van der Waals surface area contributed by atoms with Crippen molar-refractivity contribution in [2.45, 2.75) is 271 Å². The maximum absolute atomic E-state index is 13.1. The Labute approximate surface area is 396 Å². The number of rotatable bonds is 46. The lowest BCUT2D eigenvalue weighted by Crippen LogP contribution is -2.34. The summed E-state index contributed by atoms with van der Waals surface area (Å²) >= 11 is 0. The summed E-state index contributed by atoms with van der Waals surface area (Å²) in [6, 6.07) is 0. The molecular weight excluding hydrogens is 821 g/mol. The Morgan fingerprint density at radius 1 is 0.431 bits per heavy atom. The third-order valence-corrected chi connectivity index (χ3v) is 12.8. The van der Waals surface area contributed by atoms with Gasteiger partial charge in [-0.05, 0) is 39.0 Å². The monoisotopic (exact) mass is 917 g/mol. The number of ether oxygens (including phenoxy) is 5. The van der Waals surface area contributed by atoms with Gasteiger partial charge in [-0.1, -0.05) is 213 Å². The van der Waals surface area contributed by atoms with Crippen LogP contribution in [0.1, 0.15) is 265 Å². The Balaban J connectivity index is 2.38. The van der Waals surface area contributed by atoms with Gasteiger partial charge in [0.1, 0.15) is 6.61 Å². The lowest BCUT2D eigenvalue weighted by Gasteiger charge is -2.20. The fraction of sp³-hybridized carbons (Fsp3) is 0.836. The molecule has 0 aromatic carbocycles. The third-order valence-electron chi connectivity index (χ3n) is 12.8. The van der Waals surface area contributed by atoms with E-state index in [9.17, 15) is 24.0 Å². The van der Waals surface area contributed by atoms with Gasteiger partial charge in [0.25, 0.3) is 0 Å². The topological polar surface area (TPSA) is 132 Å². The molecule has 1 atom stereocenters. The maximum Gasteiger partial charge on any atom is 0.351 e. The Bertz CT molecular complexity index is 1330. The molecule has 1 aliphatic rings. The van der Waals surface area contributed by atoms with Gasteiger partial charge in [0.05, 0.1) is 20.8 Å².